The molecule has 1 heterocycles. The van der Waals surface area contributed by atoms with Gasteiger partial charge in [0.15, 0.2) is 0 Å². The molecule has 0 aromatic heterocycles. The molecule has 0 unspecified atom stereocenters. The van der Waals surface area contributed by atoms with Crippen molar-refractivity contribution in [3.63, 3.8) is 0 Å². The van der Waals surface area contributed by atoms with Crippen LogP contribution in [0.2, 0.25) is 0 Å². The zero-order chi connectivity index (χ0) is 21.1. The first-order chi connectivity index (χ1) is 14.6. The van der Waals surface area contributed by atoms with Crippen LogP contribution >= 0.6 is 0 Å². The molecule has 7 nitrogen and oxygen atoms in total. The normalized spacial score (nSPS) is 15.2. The van der Waals surface area contributed by atoms with Crippen LogP contribution in [0.25, 0.3) is 0 Å². The molecule has 0 fully saturated rings. The molecular weight excluding hydrogens is 384 g/mol. The quantitative estimate of drug-likeness (QED) is 0.680. The van der Waals surface area contributed by atoms with Crippen molar-refractivity contribution in [1.29, 1.82) is 0 Å². The lowest BCUT2D eigenvalue weighted by molar-refractivity contribution is -0.307. The lowest BCUT2D eigenvalue weighted by Crippen LogP contribution is -2.43. The third-order valence-electron chi connectivity index (χ3n) is 4.84. The highest BCUT2D eigenvalue weighted by Crippen LogP contribution is 2.39. The Morgan fingerprint density at radius 3 is 2.47 bits per heavy atom. The minimum atomic E-state index is -1.32. The van der Waals surface area contributed by atoms with E-state index in [0.29, 0.717) is 34.0 Å². The van der Waals surface area contributed by atoms with Gasteiger partial charge >= 0.3 is 0 Å². The number of carbonyl (C=O) groups is 2. The molecule has 0 bridgehead atoms. The van der Waals surface area contributed by atoms with Crippen LogP contribution in [0.3, 0.4) is 0 Å². The molecule has 1 aliphatic heterocycles. The van der Waals surface area contributed by atoms with E-state index >= 15 is 0 Å². The minimum absolute atomic E-state index is 0.186. The monoisotopic (exact) mass is 403 g/mol. The highest BCUT2D eigenvalue weighted by molar-refractivity contribution is 6.12. The molecule has 0 radical (unpaired) electrons. The Kier molecular flexibility index (Phi) is 5.26. The first kappa shape index (κ1) is 19.3. The molecule has 0 saturated heterocycles. The van der Waals surface area contributed by atoms with Gasteiger partial charge in [-0.1, -0.05) is 30.3 Å². The summed E-state index contributed by atoms with van der Waals surface area (Å²) in [7, 11) is 1.58. The van der Waals surface area contributed by atoms with Gasteiger partial charge in [0.25, 0.3) is 5.91 Å². The number of hydrogen-bond acceptors (Lipinski definition) is 6. The molecule has 152 valence electrons. The Bertz CT molecular complexity index is 1080. The number of carboxylic acid groups (broad SMARTS) is 1. The second-order valence-electron chi connectivity index (χ2n) is 6.66. The van der Waals surface area contributed by atoms with Gasteiger partial charge in [-0.2, -0.15) is 0 Å². The highest BCUT2D eigenvalue weighted by atomic mass is 16.5. The van der Waals surface area contributed by atoms with Crippen LogP contribution < -0.4 is 24.8 Å². The summed E-state index contributed by atoms with van der Waals surface area (Å²) in [5.74, 6) is -0.486. The molecule has 4 rings (SSSR count). The van der Waals surface area contributed by atoms with Crippen LogP contribution in [0.1, 0.15) is 22.1 Å². The number of rotatable bonds is 6. The van der Waals surface area contributed by atoms with Crippen molar-refractivity contribution in [2.75, 3.05) is 23.9 Å². The summed E-state index contributed by atoms with van der Waals surface area (Å²) in [6.45, 7) is -0.587. The smallest absolute Gasteiger partial charge is 0.262 e. The van der Waals surface area contributed by atoms with E-state index in [9.17, 15) is 14.7 Å². The Morgan fingerprint density at radius 1 is 1.03 bits per heavy atom. The minimum Gasteiger partial charge on any atom is -0.546 e. The third kappa shape index (κ3) is 3.65. The zero-order valence-corrected chi connectivity index (χ0v) is 16.2. The molecule has 1 aliphatic rings. The fraction of sp³-hybridized carbons (Fsp3) is 0.130. The van der Waals surface area contributed by atoms with Crippen molar-refractivity contribution < 1.29 is 24.2 Å². The lowest BCUT2D eigenvalue weighted by atomic mass is 10.0. The van der Waals surface area contributed by atoms with Crippen LogP contribution in [0, 0.1) is 0 Å². The Hall–Kier alpha value is -4.00. The maximum atomic E-state index is 13.4. The van der Waals surface area contributed by atoms with Crippen molar-refractivity contribution in [1.82, 2.24) is 0 Å². The first-order valence-electron chi connectivity index (χ1n) is 9.33. The number of ether oxygens (including phenoxy) is 2. The van der Waals surface area contributed by atoms with E-state index in [1.54, 1.807) is 66.6 Å². The number of benzene rings is 3. The van der Waals surface area contributed by atoms with Crippen LogP contribution in [0.4, 0.5) is 11.4 Å². The Morgan fingerprint density at radius 2 is 1.73 bits per heavy atom. The van der Waals surface area contributed by atoms with Crippen molar-refractivity contribution in [2.24, 2.45) is 0 Å². The Labute approximate surface area is 173 Å². The maximum Gasteiger partial charge on any atom is 0.262 e. The number of aliphatic carboxylic acids is 1. The van der Waals surface area contributed by atoms with Crippen LogP contribution in [0.15, 0.2) is 72.8 Å². The number of nitrogens with one attached hydrogen (secondary N) is 1. The van der Waals surface area contributed by atoms with Gasteiger partial charge in [-0.3, -0.25) is 9.69 Å². The molecule has 0 aliphatic carbocycles. The van der Waals surface area contributed by atoms with E-state index in [-0.39, 0.29) is 5.91 Å². The number of para-hydroxylation sites is 2. The predicted molar refractivity (Wildman–Crippen MR) is 110 cm³/mol. The first-order valence-corrected chi connectivity index (χ1v) is 9.33. The van der Waals surface area contributed by atoms with E-state index in [2.05, 4.69) is 5.32 Å². The summed E-state index contributed by atoms with van der Waals surface area (Å²) in [6.07, 6.45) is -0.612. The van der Waals surface area contributed by atoms with Crippen molar-refractivity contribution >= 4 is 23.3 Å². The summed E-state index contributed by atoms with van der Waals surface area (Å²) >= 11 is 0. The molecule has 30 heavy (non-hydrogen) atoms. The van der Waals surface area contributed by atoms with Gasteiger partial charge in [-0.05, 0) is 42.5 Å². The van der Waals surface area contributed by atoms with Gasteiger partial charge in [0.1, 0.15) is 24.3 Å². The van der Waals surface area contributed by atoms with Crippen molar-refractivity contribution in [3.05, 3.63) is 83.9 Å². The molecule has 7 heteroatoms. The number of carbonyl (C=O) groups excluding carboxylic acids is 2. The topological polar surface area (TPSA) is 90.9 Å². The second-order valence-corrected chi connectivity index (χ2v) is 6.66. The van der Waals surface area contributed by atoms with Gasteiger partial charge in [-0.15, -0.1) is 0 Å². The fourth-order valence-electron chi connectivity index (χ4n) is 3.45. The largest absolute Gasteiger partial charge is 0.546 e. The second kappa shape index (κ2) is 8.16. The number of anilines is 2. The van der Waals surface area contributed by atoms with E-state index in [0.717, 1.165) is 0 Å². The average Bonchev–Trinajstić information content (AvgIpc) is 2.78. The average molecular weight is 403 g/mol. The highest BCUT2D eigenvalue weighted by Gasteiger charge is 2.35. The lowest BCUT2D eigenvalue weighted by Gasteiger charge is -2.38. The molecule has 3 aromatic carbocycles. The van der Waals surface area contributed by atoms with E-state index in [1.807, 2.05) is 18.2 Å². The molecule has 1 amide bonds. The van der Waals surface area contributed by atoms with E-state index in [4.69, 9.17) is 9.47 Å². The number of methoxy groups -OCH3 is 1. The third-order valence-corrected chi connectivity index (χ3v) is 4.84. The van der Waals surface area contributed by atoms with Crippen LogP contribution in [-0.4, -0.2) is 25.6 Å². The molecular formula is C23H19N2O5-. The van der Waals surface area contributed by atoms with Gasteiger partial charge < -0.3 is 24.7 Å². The SMILES string of the molecule is COc1ccc(N2C(=O)c3ccccc3N[C@@H]2c2ccccc2OCC(=O)[O-])cc1. The van der Waals surface area contributed by atoms with Crippen LogP contribution in [-0.2, 0) is 4.79 Å². The predicted octanol–water partition coefficient (Wildman–Crippen LogP) is 2.59. The molecule has 0 saturated carbocycles. The standard InChI is InChI=1S/C23H20N2O5/c1-29-16-12-10-15(11-13-16)25-22(24-19-8-4-2-6-17(19)23(25)28)18-7-3-5-9-20(18)30-14-21(26)27/h2-13,22,24H,14H2,1H3,(H,26,27)/p-1/t22-/m0/s1. The summed E-state index contributed by atoms with van der Waals surface area (Å²) < 4.78 is 10.7. The van der Waals surface area contributed by atoms with Gasteiger partial charge in [0.05, 0.1) is 18.6 Å². The van der Waals surface area contributed by atoms with Gasteiger partial charge in [-0.25, -0.2) is 0 Å². The fourth-order valence-corrected chi connectivity index (χ4v) is 3.45. The zero-order valence-electron chi connectivity index (χ0n) is 16.2. The van der Waals surface area contributed by atoms with E-state index in [1.165, 1.54) is 0 Å². The number of hydrogen-bond donors (Lipinski definition) is 1. The summed E-state index contributed by atoms with van der Waals surface area (Å²) in [6, 6.07) is 21.4. The van der Waals surface area contributed by atoms with Crippen molar-refractivity contribution in [2.45, 2.75) is 6.17 Å². The summed E-state index contributed by atoms with van der Waals surface area (Å²) in [5, 5.41) is 14.3. The molecule has 0 spiro atoms. The van der Waals surface area contributed by atoms with Crippen molar-refractivity contribution in [3.8, 4) is 11.5 Å². The summed E-state index contributed by atoms with van der Waals surface area (Å²) in [5.41, 5.74) is 2.50. The molecule has 3 aromatic rings. The number of amides is 1. The molecule has 1 atom stereocenters. The van der Waals surface area contributed by atoms with Crippen LogP contribution in [0.5, 0.6) is 11.5 Å². The van der Waals surface area contributed by atoms with E-state index < -0.39 is 18.7 Å². The number of carboxylic acids is 1. The van der Waals surface area contributed by atoms with Gasteiger partial charge in [0, 0.05) is 16.9 Å². The number of fused-ring (bicyclic) bond motifs is 1. The number of nitrogens with zero attached hydrogens (tertiary/aromatic N) is 1. The molecule has 1 N–H and O–H groups in total. The maximum absolute atomic E-state index is 13.4. The van der Waals surface area contributed by atoms with Gasteiger partial charge in [0.2, 0.25) is 0 Å². The Balaban J connectivity index is 1.81. The summed E-state index contributed by atoms with van der Waals surface area (Å²) in [4.78, 5) is 26.0.